The maximum Gasteiger partial charge on any atom is 0.150 e. The number of hydrogen-bond acceptors (Lipinski definition) is 4. The van der Waals surface area contributed by atoms with Crippen molar-refractivity contribution in [3.05, 3.63) is 11.6 Å². The Hall–Kier alpha value is -0.0600. The van der Waals surface area contributed by atoms with Crippen molar-refractivity contribution in [3.8, 4) is 0 Å². The number of thiazole rings is 1. The molecule has 2 unspecified atom stereocenters. The number of thioether (sulfide) groups is 1. The average Bonchev–Trinajstić information content (AvgIpc) is 2.70. The lowest BCUT2D eigenvalue weighted by molar-refractivity contribution is 0.218. The van der Waals surface area contributed by atoms with Crippen LogP contribution in [0.15, 0.2) is 15.9 Å². The van der Waals surface area contributed by atoms with E-state index in [1.165, 1.54) is 23.6 Å². The van der Waals surface area contributed by atoms with Crippen LogP contribution in [0.4, 0.5) is 0 Å². The molecule has 4 heteroatoms. The zero-order valence-electron chi connectivity index (χ0n) is 10.2. The van der Waals surface area contributed by atoms with Crippen molar-refractivity contribution >= 4 is 23.1 Å². The molecule has 1 N–H and O–H groups in total. The fourth-order valence-corrected chi connectivity index (χ4v) is 4.84. The van der Waals surface area contributed by atoms with Gasteiger partial charge in [0.1, 0.15) is 4.34 Å². The summed E-state index contributed by atoms with van der Waals surface area (Å²) in [6, 6.07) is 0.641. The molecular weight excluding hydrogens is 236 g/mol. The summed E-state index contributed by atoms with van der Waals surface area (Å²) in [6.07, 6.45) is 5.79. The fourth-order valence-electron chi connectivity index (χ4n) is 2.37. The molecule has 16 heavy (non-hydrogen) atoms. The van der Waals surface area contributed by atoms with Gasteiger partial charge in [-0.25, -0.2) is 4.98 Å². The van der Waals surface area contributed by atoms with E-state index in [0.717, 1.165) is 0 Å². The number of nitrogens with zero attached hydrogens (tertiary/aromatic N) is 1. The molecule has 0 spiro atoms. The highest BCUT2D eigenvalue weighted by molar-refractivity contribution is 8.01. The van der Waals surface area contributed by atoms with Gasteiger partial charge in [0.15, 0.2) is 0 Å². The Morgan fingerprint density at radius 3 is 3.00 bits per heavy atom. The molecule has 0 amide bonds. The molecule has 2 atom stereocenters. The Balaban J connectivity index is 2.03. The van der Waals surface area contributed by atoms with Crippen molar-refractivity contribution in [1.29, 1.82) is 0 Å². The first-order valence-corrected chi connectivity index (χ1v) is 7.60. The van der Waals surface area contributed by atoms with Crippen LogP contribution in [0.25, 0.3) is 0 Å². The summed E-state index contributed by atoms with van der Waals surface area (Å²) in [5.74, 6) is 0. The minimum atomic E-state index is 0.488. The van der Waals surface area contributed by atoms with Gasteiger partial charge in [-0.15, -0.1) is 11.3 Å². The molecule has 1 saturated carbocycles. The third-order valence-electron chi connectivity index (χ3n) is 3.37. The van der Waals surface area contributed by atoms with Crippen LogP contribution < -0.4 is 5.32 Å². The molecule has 1 aromatic rings. The maximum atomic E-state index is 4.38. The SMILES string of the molecule is CNC1CCC(C)(C)CC1Sc1nccs1. The lowest BCUT2D eigenvalue weighted by atomic mass is 9.75. The number of rotatable bonds is 3. The van der Waals surface area contributed by atoms with Gasteiger partial charge in [-0.2, -0.15) is 0 Å². The summed E-state index contributed by atoms with van der Waals surface area (Å²) >= 11 is 3.70. The third kappa shape index (κ3) is 2.99. The fraction of sp³-hybridized carbons (Fsp3) is 0.750. The van der Waals surface area contributed by atoms with Gasteiger partial charge in [-0.05, 0) is 31.7 Å². The molecule has 2 rings (SSSR count). The molecule has 1 fully saturated rings. The second kappa shape index (κ2) is 5.07. The summed E-state index contributed by atoms with van der Waals surface area (Å²) in [6.45, 7) is 4.77. The van der Waals surface area contributed by atoms with E-state index in [-0.39, 0.29) is 0 Å². The normalized spacial score (nSPS) is 29.2. The number of aromatic nitrogens is 1. The van der Waals surface area contributed by atoms with Crippen LogP contribution in [0, 0.1) is 5.41 Å². The summed E-state index contributed by atoms with van der Waals surface area (Å²) in [7, 11) is 2.08. The van der Waals surface area contributed by atoms with Crippen LogP contribution in [0.2, 0.25) is 0 Å². The molecule has 1 aromatic heterocycles. The van der Waals surface area contributed by atoms with Gasteiger partial charge in [0.25, 0.3) is 0 Å². The van der Waals surface area contributed by atoms with Crippen molar-refractivity contribution in [2.24, 2.45) is 5.41 Å². The van der Waals surface area contributed by atoms with Gasteiger partial charge in [0, 0.05) is 22.9 Å². The van der Waals surface area contributed by atoms with Crippen molar-refractivity contribution in [2.45, 2.75) is 48.7 Å². The molecule has 1 aliphatic rings. The van der Waals surface area contributed by atoms with Gasteiger partial charge < -0.3 is 5.32 Å². The number of hydrogen-bond donors (Lipinski definition) is 1. The van der Waals surface area contributed by atoms with E-state index >= 15 is 0 Å². The second-order valence-electron chi connectivity index (χ2n) is 5.26. The standard InChI is InChI=1S/C12H20N2S2/c1-12(2)5-4-9(13-3)10(8-12)16-11-14-6-7-15-11/h6-7,9-10,13H,4-5,8H2,1-3H3. The summed E-state index contributed by atoms with van der Waals surface area (Å²) in [4.78, 5) is 4.38. The van der Waals surface area contributed by atoms with Crippen molar-refractivity contribution in [1.82, 2.24) is 10.3 Å². The zero-order chi connectivity index (χ0) is 11.6. The summed E-state index contributed by atoms with van der Waals surface area (Å²) < 4.78 is 1.21. The molecule has 1 aliphatic carbocycles. The van der Waals surface area contributed by atoms with E-state index in [4.69, 9.17) is 0 Å². The Morgan fingerprint density at radius 2 is 2.38 bits per heavy atom. The van der Waals surface area contributed by atoms with Gasteiger partial charge >= 0.3 is 0 Å². The lowest BCUT2D eigenvalue weighted by Gasteiger charge is -2.40. The monoisotopic (exact) mass is 256 g/mol. The number of nitrogens with one attached hydrogen (secondary N) is 1. The minimum Gasteiger partial charge on any atom is -0.316 e. The summed E-state index contributed by atoms with van der Waals surface area (Å²) in [5, 5.41) is 6.19. The molecule has 0 radical (unpaired) electrons. The lowest BCUT2D eigenvalue weighted by Crippen LogP contribution is -2.43. The highest BCUT2D eigenvalue weighted by Gasteiger charge is 2.34. The second-order valence-corrected chi connectivity index (χ2v) is 7.64. The minimum absolute atomic E-state index is 0.488. The molecule has 90 valence electrons. The molecule has 0 aromatic carbocycles. The van der Waals surface area contributed by atoms with Gasteiger partial charge in [0.05, 0.1) is 0 Å². The Bertz CT molecular complexity index is 322. The van der Waals surface area contributed by atoms with E-state index in [1.54, 1.807) is 11.3 Å². The quantitative estimate of drug-likeness (QED) is 0.897. The topological polar surface area (TPSA) is 24.9 Å². The van der Waals surface area contributed by atoms with Crippen LogP contribution in [0.5, 0.6) is 0 Å². The van der Waals surface area contributed by atoms with Gasteiger partial charge in [-0.1, -0.05) is 25.6 Å². The Morgan fingerprint density at radius 1 is 1.56 bits per heavy atom. The van der Waals surface area contributed by atoms with Gasteiger partial charge in [-0.3, -0.25) is 0 Å². The predicted molar refractivity (Wildman–Crippen MR) is 72.2 cm³/mol. The highest BCUT2D eigenvalue weighted by Crippen LogP contribution is 2.42. The summed E-state index contributed by atoms with van der Waals surface area (Å²) in [5.41, 5.74) is 0.488. The Labute approximate surface area is 106 Å². The van der Waals surface area contributed by atoms with E-state index in [2.05, 4.69) is 36.6 Å². The Kier molecular flexibility index (Phi) is 3.93. The zero-order valence-corrected chi connectivity index (χ0v) is 11.8. The van der Waals surface area contributed by atoms with E-state index in [0.29, 0.717) is 16.7 Å². The van der Waals surface area contributed by atoms with Crippen LogP contribution >= 0.6 is 23.1 Å². The molecule has 0 saturated heterocycles. The van der Waals surface area contributed by atoms with E-state index < -0.39 is 0 Å². The van der Waals surface area contributed by atoms with Crippen LogP contribution in [0.3, 0.4) is 0 Å². The van der Waals surface area contributed by atoms with Crippen molar-refractivity contribution in [3.63, 3.8) is 0 Å². The van der Waals surface area contributed by atoms with E-state index in [1.807, 2.05) is 18.0 Å². The molecule has 1 heterocycles. The molecule has 0 aliphatic heterocycles. The predicted octanol–water partition coefficient (Wildman–Crippen LogP) is 3.40. The average molecular weight is 256 g/mol. The van der Waals surface area contributed by atoms with Crippen molar-refractivity contribution in [2.75, 3.05) is 7.05 Å². The first-order chi connectivity index (χ1) is 7.61. The molecule has 0 bridgehead atoms. The third-order valence-corrected chi connectivity index (χ3v) is 5.61. The smallest absolute Gasteiger partial charge is 0.150 e. The molecule has 2 nitrogen and oxygen atoms in total. The molecular formula is C12H20N2S2. The van der Waals surface area contributed by atoms with Crippen LogP contribution in [-0.2, 0) is 0 Å². The first kappa shape index (κ1) is 12.4. The maximum absolute atomic E-state index is 4.38. The van der Waals surface area contributed by atoms with Crippen molar-refractivity contribution < 1.29 is 0 Å². The van der Waals surface area contributed by atoms with Gasteiger partial charge in [0.2, 0.25) is 0 Å². The highest BCUT2D eigenvalue weighted by atomic mass is 32.2. The van der Waals surface area contributed by atoms with E-state index in [9.17, 15) is 0 Å². The van der Waals surface area contributed by atoms with Crippen LogP contribution in [-0.4, -0.2) is 23.3 Å². The van der Waals surface area contributed by atoms with Crippen LogP contribution in [0.1, 0.15) is 33.1 Å². The first-order valence-electron chi connectivity index (χ1n) is 5.84. The largest absolute Gasteiger partial charge is 0.316 e.